The van der Waals surface area contributed by atoms with Gasteiger partial charge in [0.25, 0.3) is 0 Å². The van der Waals surface area contributed by atoms with E-state index in [4.69, 9.17) is 0 Å². The van der Waals surface area contributed by atoms with E-state index in [1.54, 1.807) is 0 Å². The van der Waals surface area contributed by atoms with E-state index in [1.165, 1.54) is 25.0 Å². The van der Waals surface area contributed by atoms with Gasteiger partial charge in [-0.05, 0) is 31.1 Å². The average molecular weight is 235 g/mol. The van der Waals surface area contributed by atoms with Crippen molar-refractivity contribution < 1.29 is 0 Å². The van der Waals surface area contributed by atoms with Crippen LogP contribution in [0.5, 0.6) is 0 Å². The zero-order valence-corrected chi connectivity index (χ0v) is 11.3. The van der Waals surface area contributed by atoms with E-state index in [0.29, 0.717) is 0 Å². The molecule has 1 fully saturated rings. The van der Waals surface area contributed by atoms with Crippen LogP contribution in [-0.2, 0) is 13.1 Å². The summed E-state index contributed by atoms with van der Waals surface area (Å²) in [5, 5.41) is 3.50. The Kier molecular flexibility index (Phi) is 4.21. The van der Waals surface area contributed by atoms with Crippen LogP contribution in [0.1, 0.15) is 45.7 Å². The second kappa shape index (κ2) is 5.67. The van der Waals surface area contributed by atoms with Crippen molar-refractivity contribution in [2.24, 2.45) is 11.8 Å². The van der Waals surface area contributed by atoms with Gasteiger partial charge in [-0.15, -0.1) is 0 Å². The molecule has 1 aliphatic carbocycles. The summed E-state index contributed by atoms with van der Waals surface area (Å²) < 4.78 is 2.23. The van der Waals surface area contributed by atoms with E-state index in [0.717, 1.165) is 31.0 Å². The van der Waals surface area contributed by atoms with E-state index < -0.39 is 0 Å². The van der Waals surface area contributed by atoms with Gasteiger partial charge in [0.15, 0.2) is 0 Å². The average Bonchev–Trinajstić information content (AvgIpc) is 2.96. The molecule has 1 atom stereocenters. The molecule has 1 heterocycles. The molecule has 0 aliphatic heterocycles. The van der Waals surface area contributed by atoms with Crippen LogP contribution in [-0.4, -0.2) is 15.6 Å². The molecule has 0 aromatic carbocycles. The van der Waals surface area contributed by atoms with Gasteiger partial charge in [-0.1, -0.05) is 20.8 Å². The SMILES string of the molecule is CC(C)CC(C)Cn1cnc(CNC2CC2)c1. The van der Waals surface area contributed by atoms with E-state index in [2.05, 4.69) is 41.8 Å². The predicted molar refractivity (Wildman–Crippen MR) is 70.7 cm³/mol. The Morgan fingerprint density at radius 1 is 1.41 bits per heavy atom. The summed E-state index contributed by atoms with van der Waals surface area (Å²) >= 11 is 0. The molecule has 0 bridgehead atoms. The number of nitrogens with zero attached hydrogens (tertiary/aromatic N) is 2. The van der Waals surface area contributed by atoms with Crippen LogP contribution < -0.4 is 5.32 Å². The summed E-state index contributed by atoms with van der Waals surface area (Å²) in [6.45, 7) is 8.91. The molecule has 1 saturated carbocycles. The molecule has 96 valence electrons. The molecule has 1 N–H and O–H groups in total. The predicted octanol–water partition coefficient (Wildman–Crippen LogP) is 2.82. The van der Waals surface area contributed by atoms with Crippen LogP contribution in [0.2, 0.25) is 0 Å². The first kappa shape index (κ1) is 12.6. The van der Waals surface area contributed by atoms with Gasteiger partial charge in [-0.2, -0.15) is 0 Å². The summed E-state index contributed by atoms with van der Waals surface area (Å²) in [5.41, 5.74) is 1.17. The van der Waals surface area contributed by atoms with E-state index >= 15 is 0 Å². The molecule has 0 amide bonds. The Bertz CT molecular complexity index is 339. The molecule has 2 rings (SSSR count). The zero-order chi connectivity index (χ0) is 12.3. The lowest BCUT2D eigenvalue weighted by Crippen LogP contribution is -2.15. The largest absolute Gasteiger partial charge is 0.337 e. The number of imidazole rings is 1. The first-order valence-electron chi connectivity index (χ1n) is 6.87. The van der Waals surface area contributed by atoms with Gasteiger partial charge in [-0.25, -0.2) is 4.98 Å². The molecule has 17 heavy (non-hydrogen) atoms. The minimum atomic E-state index is 0.730. The van der Waals surface area contributed by atoms with Gasteiger partial charge in [0.2, 0.25) is 0 Å². The van der Waals surface area contributed by atoms with Gasteiger partial charge >= 0.3 is 0 Å². The Hall–Kier alpha value is -0.830. The van der Waals surface area contributed by atoms with Crippen molar-refractivity contribution in [2.45, 2.75) is 59.2 Å². The van der Waals surface area contributed by atoms with Crippen LogP contribution in [0.25, 0.3) is 0 Å². The van der Waals surface area contributed by atoms with Gasteiger partial charge in [-0.3, -0.25) is 0 Å². The van der Waals surface area contributed by atoms with Crippen LogP contribution in [0.3, 0.4) is 0 Å². The Morgan fingerprint density at radius 2 is 2.18 bits per heavy atom. The van der Waals surface area contributed by atoms with Gasteiger partial charge in [0, 0.05) is 25.3 Å². The van der Waals surface area contributed by atoms with Crippen molar-refractivity contribution in [1.29, 1.82) is 0 Å². The van der Waals surface area contributed by atoms with Crippen molar-refractivity contribution in [1.82, 2.24) is 14.9 Å². The first-order valence-corrected chi connectivity index (χ1v) is 6.87. The minimum absolute atomic E-state index is 0.730. The third-order valence-electron chi connectivity index (χ3n) is 3.23. The Labute approximate surface area is 105 Å². The summed E-state index contributed by atoms with van der Waals surface area (Å²) in [7, 11) is 0. The maximum atomic E-state index is 4.45. The monoisotopic (exact) mass is 235 g/mol. The Balaban J connectivity index is 1.76. The number of rotatable bonds is 7. The molecule has 1 unspecified atom stereocenters. The molecule has 1 aromatic rings. The fraction of sp³-hybridized carbons (Fsp3) is 0.786. The molecule has 0 saturated heterocycles. The highest BCUT2D eigenvalue weighted by Gasteiger charge is 2.20. The second-order valence-electron chi connectivity index (χ2n) is 5.95. The molecular formula is C14H25N3. The molecular weight excluding hydrogens is 210 g/mol. The van der Waals surface area contributed by atoms with Crippen molar-refractivity contribution >= 4 is 0 Å². The maximum absolute atomic E-state index is 4.45. The molecule has 1 aromatic heterocycles. The third kappa shape index (κ3) is 4.50. The fourth-order valence-electron chi connectivity index (χ4n) is 2.37. The van der Waals surface area contributed by atoms with Crippen LogP contribution in [0.4, 0.5) is 0 Å². The minimum Gasteiger partial charge on any atom is -0.337 e. The third-order valence-corrected chi connectivity index (χ3v) is 3.23. The first-order chi connectivity index (χ1) is 8.13. The number of nitrogens with one attached hydrogen (secondary N) is 1. The highest BCUT2D eigenvalue weighted by molar-refractivity contribution is 4.98. The second-order valence-corrected chi connectivity index (χ2v) is 5.95. The van der Waals surface area contributed by atoms with E-state index in [1.807, 2.05) is 6.33 Å². The van der Waals surface area contributed by atoms with E-state index in [-0.39, 0.29) is 0 Å². The fourth-order valence-corrected chi connectivity index (χ4v) is 2.37. The molecule has 3 heteroatoms. The topological polar surface area (TPSA) is 29.9 Å². The molecule has 0 spiro atoms. The van der Waals surface area contributed by atoms with Gasteiger partial charge in [0.1, 0.15) is 0 Å². The molecule has 1 aliphatic rings. The smallest absolute Gasteiger partial charge is 0.0950 e. The lowest BCUT2D eigenvalue weighted by molar-refractivity contribution is 0.389. The summed E-state index contributed by atoms with van der Waals surface area (Å²) in [6, 6.07) is 0.764. The van der Waals surface area contributed by atoms with Crippen LogP contribution in [0.15, 0.2) is 12.5 Å². The van der Waals surface area contributed by atoms with E-state index in [9.17, 15) is 0 Å². The highest BCUT2D eigenvalue weighted by atomic mass is 15.1. The lowest BCUT2D eigenvalue weighted by atomic mass is 9.99. The highest BCUT2D eigenvalue weighted by Crippen LogP contribution is 2.19. The molecule has 0 radical (unpaired) electrons. The lowest BCUT2D eigenvalue weighted by Gasteiger charge is -2.14. The van der Waals surface area contributed by atoms with Crippen molar-refractivity contribution in [3.63, 3.8) is 0 Å². The molecule has 3 nitrogen and oxygen atoms in total. The quantitative estimate of drug-likeness (QED) is 0.787. The van der Waals surface area contributed by atoms with Crippen LogP contribution >= 0.6 is 0 Å². The van der Waals surface area contributed by atoms with Gasteiger partial charge in [0.05, 0.1) is 12.0 Å². The summed E-state index contributed by atoms with van der Waals surface area (Å²) in [4.78, 5) is 4.45. The van der Waals surface area contributed by atoms with Crippen molar-refractivity contribution in [3.05, 3.63) is 18.2 Å². The maximum Gasteiger partial charge on any atom is 0.0950 e. The summed E-state index contributed by atoms with van der Waals surface area (Å²) in [5.74, 6) is 1.51. The van der Waals surface area contributed by atoms with Crippen LogP contribution in [0, 0.1) is 11.8 Å². The normalized spacial score (nSPS) is 17.6. The van der Waals surface area contributed by atoms with Gasteiger partial charge < -0.3 is 9.88 Å². The van der Waals surface area contributed by atoms with Crippen molar-refractivity contribution in [3.8, 4) is 0 Å². The number of hydrogen-bond donors (Lipinski definition) is 1. The number of hydrogen-bond acceptors (Lipinski definition) is 2. The Morgan fingerprint density at radius 3 is 2.82 bits per heavy atom. The zero-order valence-electron chi connectivity index (χ0n) is 11.3. The number of aromatic nitrogens is 2. The summed E-state index contributed by atoms with van der Waals surface area (Å²) in [6.07, 6.45) is 8.12. The standard InChI is InChI=1S/C14H25N3/c1-11(2)6-12(3)8-17-9-14(16-10-17)7-15-13-4-5-13/h9-13,15H,4-8H2,1-3H3. The van der Waals surface area contributed by atoms with Crippen molar-refractivity contribution in [2.75, 3.05) is 0 Å².